The molecule has 3 heteroatoms. The Morgan fingerprint density at radius 3 is 1.73 bits per heavy atom. The Hall–Kier alpha value is -0.440. The summed E-state index contributed by atoms with van der Waals surface area (Å²) < 4.78 is 0. The van der Waals surface area contributed by atoms with Gasteiger partial charge >= 0.3 is 0 Å². The molecule has 1 fully saturated rings. The number of hydrogen-bond donors (Lipinski definition) is 1. The maximum Gasteiger partial charge on any atom is 0.105 e. The lowest BCUT2D eigenvalue weighted by Crippen LogP contribution is -3.00. The Morgan fingerprint density at radius 1 is 0.818 bits per heavy atom. The lowest BCUT2D eigenvalue weighted by atomic mass is 9.97. The van der Waals surface area contributed by atoms with Gasteiger partial charge in [0.2, 0.25) is 0 Å². The molecular formula is C19H24IOP. The SMILES string of the molecule is C[P+](c1ccccc1)(c1ccccc1)C1CCCCC1O.[I-]. The zero-order valence-electron chi connectivity index (χ0n) is 13.0. The van der Waals surface area contributed by atoms with Crippen LogP contribution in [-0.4, -0.2) is 23.5 Å². The molecule has 0 saturated heterocycles. The van der Waals surface area contributed by atoms with Crippen molar-refractivity contribution in [1.82, 2.24) is 0 Å². The van der Waals surface area contributed by atoms with Crippen LogP contribution in [0.15, 0.2) is 60.7 Å². The first-order valence-electron chi connectivity index (χ1n) is 7.88. The van der Waals surface area contributed by atoms with Crippen molar-refractivity contribution in [3.05, 3.63) is 60.7 Å². The molecule has 118 valence electrons. The fraction of sp³-hybridized carbons (Fsp3) is 0.368. The van der Waals surface area contributed by atoms with E-state index < -0.39 is 7.26 Å². The zero-order chi connectivity index (χ0) is 14.7. The molecule has 2 aromatic carbocycles. The number of aliphatic hydroxyl groups excluding tert-OH is 1. The standard InChI is InChI=1S/C19H24OP.HI/c1-21(16-10-4-2-5-11-16,17-12-6-3-7-13-17)19-15-9-8-14-18(19)20;/h2-7,10-13,18-20H,8-9,14-15H2,1H3;1H/q+1;/p-1. The van der Waals surface area contributed by atoms with Crippen molar-refractivity contribution in [1.29, 1.82) is 0 Å². The Bertz CT molecular complexity index is 533. The minimum Gasteiger partial charge on any atom is -1.00 e. The molecule has 0 radical (unpaired) electrons. The van der Waals surface area contributed by atoms with E-state index in [-0.39, 0.29) is 30.1 Å². The first-order valence-corrected chi connectivity index (χ1v) is 10.2. The second-order valence-corrected chi connectivity index (χ2v) is 10.0. The summed E-state index contributed by atoms with van der Waals surface area (Å²) in [5, 5.41) is 13.5. The van der Waals surface area contributed by atoms with E-state index in [9.17, 15) is 5.11 Å². The van der Waals surface area contributed by atoms with Crippen molar-refractivity contribution in [2.24, 2.45) is 0 Å². The largest absolute Gasteiger partial charge is 1.00 e. The third-order valence-corrected chi connectivity index (χ3v) is 9.61. The summed E-state index contributed by atoms with van der Waals surface area (Å²) in [6, 6.07) is 21.7. The Morgan fingerprint density at radius 2 is 1.27 bits per heavy atom. The van der Waals surface area contributed by atoms with Gasteiger partial charge in [-0.2, -0.15) is 0 Å². The van der Waals surface area contributed by atoms with Gasteiger partial charge in [0.25, 0.3) is 0 Å². The van der Waals surface area contributed by atoms with E-state index in [2.05, 4.69) is 67.3 Å². The Kier molecular flexibility index (Phi) is 6.43. The normalized spacial score (nSPS) is 21.9. The molecule has 0 spiro atoms. The quantitative estimate of drug-likeness (QED) is 0.563. The molecule has 0 amide bonds. The van der Waals surface area contributed by atoms with E-state index in [4.69, 9.17) is 0 Å². The molecule has 0 bridgehead atoms. The molecule has 0 aromatic heterocycles. The summed E-state index contributed by atoms with van der Waals surface area (Å²) in [5.74, 6) is 0. The molecule has 1 aliphatic rings. The first-order chi connectivity index (χ1) is 10.2. The zero-order valence-corrected chi connectivity index (χ0v) is 16.1. The van der Waals surface area contributed by atoms with Crippen LogP contribution in [0.25, 0.3) is 0 Å². The predicted octanol–water partition coefficient (Wildman–Crippen LogP) is 0.592. The molecule has 2 aromatic rings. The van der Waals surface area contributed by atoms with Crippen LogP contribution in [0.4, 0.5) is 0 Å². The molecule has 2 atom stereocenters. The van der Waals surface area contributed by atoms with Crippen LogP contribution in [-0.2, 0) is 0 Å². The second-order valence-electron chi connectivity index (χ2n) is 6.17. The monoisotopic (exact) mass is 426 g/mol. The maximum absolute atomic E-state index is 10.7. The summed E-state index contributed by atoms with van der Waals surface area (Å²) in [6.45, 7) is 2.41. The molecule has 22 heavy (non-hydrogen) atoms. The lowest BCUT2D eigenvalue weighted by molar-refractivity contribution is -0.00000662. The summed E-state index contributed by atoms with van der Waals surface area (Å²) in [7, 11) is -1.56. The van der Waals surface area contributed by atoms with Gasteiger partial charge in [0.15, 0.2) is 0 Å². The van der Waals surface area contributed by atoms with E-state index in [0.29, 0.717) is 5.66 Å². The topological polar surface area (TPSA) is 20.2 Å². The summed E-state index contributed by atoms with van der Waals surface area (Å²) in [5.41, 5.74) is 0.399. The highest BCUT2D eigenvalue weighted by atomic mass is 127. The molecule has 1 saturated carbocycles. The van der Waals surface area contributed by atoms with Crippen molar-refractivity contribution in [2.45, 2.75) is 37.4 Å². The minimum absolute atomic E-state index is 0. The lowest BCUT2D eigenvalue weighted by Gasteiger charge is -2.37. The third-order valence-electron chi connectivity index (χ3n) is 4.94. The smallest absolute Gasteiger partial charge is 0.105 e. The minimum atomic E-state index is -1.56. The Balaban J connectivity index is 0.00000176. The summed E-state index contributed by atoms with van der Waals surface area (Å²) in [4.78, 5) is 0. The highest BCUT2D eigenvalue weighted by Crippen LogP contribution is 2.61. The van der Waals surface area contributed by atoms with Gasteiger partial charge < -0.3 is 29.1 Å². The van der Waals surface area contributed by atoms with Crippen molar-refractivity contribution in [3.8, 4) is 0 Å². The first kappa shape index (κ1) is 17.9. The molecule has 1 N–H and O–H groups in total. The fourth-order valence-electron chi connectivity index (χ4n) is 3.70. The van der Waals surface area contributed by atoms with Crippen LogP contribution < -0.4 is 34.6 Å². The summed E-state index contributed by atoms with van der Waals surface area (Å²) in [6.07, 6.45) is 4.37. The van der Waals surface area contributed by atoms with Gasteiger partial charge in [-0.25, -0.2) is 0 Å². The number of aliphatic hydroxyl groups is 1. The highest BCUT2D eigenvalue weighted by molar-refractivity contribution is 7.89. The van der Waals surface area contributed by atoms with Gasteiger partial charge in [0.1, 0.15) is 5.66 Å². The van der Waals surface area contributed by atoms with Crippen molar-refractivity contribution in [3.63, 3.8) is 0 Å². The molecular weight excluding hydrogens is 402 g/mol. The Labute approximate surface area is 151 Å². The summed E-state index contributed by atoms with van der Waals surface area (Å²) >= 11 is 0. The fourth-order valence-corrected chi connectivity index (χ4v) is 7.88. The van der Waals surface area contributed by atoms with Crippen LogP contribution in [0.5, 0.6) is 0 Å². The second kappa shape index (κ2) is 7.90. The van der Waals surface area contributed by atoms with Gasteiger partial charge in [-0.3, -0.25) is 0 Å². The van der Waals surface area contributed by atoms with Crippen LogP contribution in [0.3, 0.4) is 0 Å². The number of benzene rings is 2. The van der Waals surface area contributed by atoms with E-state index >= 15 is 0 Å². The van der Waals surface area contributed by atoms with Crippen LogP contribution in [0, 0.1) is 0 Å². The van der Waals surface area contributed by atoms with Gasteiger partial charge in [-0.05, 0) is 43.5 Å². The predicted molar refractivity (Wildman–Crippen MR) is 93.3 cm³/mol. The average molecular weight is 426 g/mol. The van der Waals surface area contributed by atoms with Gasteiger partial charge in [0.05, 0.1) is 30.6 Å². The average Bonchev–Trinajstić information content (AvgIpc) is 2.56. The van der Waals surface area contributed by atoms with Gasteiger partial charge in [-0.15, -0.1) is 0 Å². The van der Waals surface area contributed by atoms with Gasteiger partial charge in [0, 0.05) is 0 Å². The maximum atomic E-state index is 10.7. The number of hydrogen-bond acceptors (Lipinski definition) is 1. The number of rotatable bonds is 3. The van der Waals surface area contributed by atoms with Crippen molar-refractivity contribution >= 4 is 17.9 Å². The third kappa shape index (κ3) is 3.39. The molecule has 0 aliphatic heterocycles. The molecule has 1 aliphatic carbocycles. The van der Waals surface area contributed by atoms with Crippen LogP contribution >= 0.6 is 7.26 Å². The van der Waals surface area contributed by atoms with Crippen molar-refractivity contribution in [2.75, 3.05) is 6.66 Å². The van der Waals surface area contributed by atoms with E-state index in [1.54, 1.807) is 0 Å². The van der Waals surface area contributed by atoms with Crippen LogP contribution in [0.1, 0.15) is 25.7 Å². The van der Waals surface area contributed by atoms with Crippen molar-refractivity contribution < 1.29 is 29.1 Å². The highest BCUT2D eigenvalue weighted by Gasteiger charge is 2.49. The molecule has 0 heterocycles. The van der Waals surface area contributed by atoms with Crippen LogP contribution in [0.2, 0.25) is 0 Å². The molecule has 2 unspecified atom stereocenters. The number of halogens is 1. The van der Waals surface area contributed by atoms with E-state index in [1.165, 1.54) is 23.5 Å². The van der Waals surface area contributed by atoms with E-state index in [0.717, 1.165) is 12.8 Å². The van der Waals surface area contributed by atoms with E-state index in [1.807, 2.05) is 0 Å². The molecule has 3 rings (SSSR count). The molecule has 1 nitrogen and oxygen atoms in total. The van der Waals surface area contributed by atoms with Gasteiger partial charge in [-0.1, -0.05) is 42.8 Å².